The van der Waals surface area contributed by atoms with E-state index in [9.17, 15) is 0 Å². The highest BCUT2D eigenvalue weighted by molar-refractivity contribution is 5.82. The van der Waals surface area contributed by atoms with E-state index in [0.29, 0.717) is 0 Å². The van der Waals surface area contributed by atoms with E-state index in [2.05, 4.69) is 21.5 Å². The average Bonchev–Trinajstić information content (AvgIpc) is 2.80. The van der Waals surface area contributed by atoms with Crippen LogP contribution in [-0.4, -0.2) is 14.5 Å². The van der Waals surface area contributed by atoms with Crippen molar-refractivity contribution in [2.75, 3.05) is 5.73 Å². The minimum Gasteiger partial charge on any atom is -0.398 e. The first-order valence-electron chi connectivity index (χ1n) is 6.39. The van der Waals surface area contributed by atoms with E-state index in [4.69, 9.17) is 5.73 Å². The summed E-state index contributed by atoms with van der Waals surface area (Å²) < 4.78 is 2.10. The largest absolute Gasteiger partial charge is 0.398 e. The number of para-hydroxylation sites is 1. The Balaban J connectivity index is 2.33. The van der Waals surface area contributed by atoms with E-state index in [-0.39, 0.29) is 0 Å². The molecule has 0 aliphatic carbocycles. The molecular weight excluding hydrogens is 236 g/mol. The van der Waals surface area contributed by atoms with E-state index in [1.807, 2.05) is 37.3 Å². The van der Waals surface area contributed by atoms with Crippen LogP contribution in [0.5, 0.6) is 0 Å². The molecule has 2 aromatic heterocycles. The van der Waals surface area contributed by atoms with Crippen LogP contribution in [0.4, 0.5) is 5.69 Å². The Hall–Kier alpha value is -2.36. The lowest BCUT2D eigenvalue weighted by atomic mass is 10.1. The van der Waals surface area contributed by atoms with Gasteiger partial charge in [-0.3, -0.25) is 0 Å². The van der Waals surface area contributed by atoms with Crippen molar-refractivity contribution in [3.8, 4) is 11.4 Å². The van der Waals surface area contributed by atoms with Crippen LogP contribution in [0.25, 0.3) is 22.6 Å². The standard InChI is InChI=1S/C15H16N4/c1-3-19-14(11-7-4-6-10(2)13(11)16)18-12-8-5-9-17-15(12)19/h4-9H,3,16H2,1-2H3. The molecule has 19 heavy (non-hydrogen) atoms. The second-order valence-electron chi connectivity index (χ2n) is 4.56. The third-order valence-corrected chi connectivity index (χ3v) is 3.39. The molecule has 0 saturated carbocycles. The van der Waals surface area contributed by atoms with Crippen LogP contribution in [0.3, 0.4) is 0 Å². The maximum atomic E-state index is 6.19. The Morgan fingerprint density at radius 3 is 2.84 bits per heavy atom. The molecule has 0 aliphatic rings. The van der Waals surface area contributed by atoms with Gasteiger partial charge in [0.05, 0.1) is 0 Å². The van der Waals surface area contributed by atoms with Gasteiger partial charge in [0.25, 0.3) is 0 Å². The van der Waals surface area contributed by atoms with Gasteiger partial charge in [-0.15, -0.1) is 0 Å². The van der Waals surface area contributed by atoms with Gasteiger partial charge in [-0.2, -0.15) is 0 Å². The summed E-state index contributed by atoms with van der Waals surface area (Å²) in [7, 11) is 0. The molecule has 3 aromatic rings. The van der Waals surface area contributed by atoms with Crippen molar-refractivity contribution in [3.63, 3.8) is 0 Å². The first-order valence-corrected chi connectivity index (χ1v) is 6.39. The van der Waals surface area contributed by atoms with Crippen molar-refractivity contribution >= 4 is 16.9 Å². The number of nitrogen functional groups attached to an aromatic ring is 1. The number of aryl methyl sites for hydroxylation is 2. The minimum atomic E-state index is 0.785. The van der Waals surface area contributed by atoms with E-state index in [1.165, 1.54) is 0 Å². The fraction of sp³-hybridized carbons (Fsp3) is 0.200. The predicted molar refractivity (Wildman–Crippen MR) is 77.8 cm³/mol. The summed E-state index contributed by atoms with van der Waals surface area (Å²) >= 11 is 0. The van der Waals surface area contributed by atoms with Crippen molar-refractivity contribution in [1.29, 1.82) is 0 Å². The SMILES string of the molecule is CCn1c(-c2cccc(C)c2N)nc2cccnc21. The maximum absolute atomic E-state index is 6.19. The first kappa shape index (κ1) is 11.7. The maximum Gasteiger partial charge on any atom is 0.160 e. The quantitative estimate of drug-likeness (QED) is 0.713. The number of rotatable bonds is 2. The molecule has 0 bridgehead atoms. The van der Waals surface area contributed by atoms with Crippen molar-refractivity contribution < 1.29 is 0 Å². The van der Waals surface area contributed by atoms with Crippen LogP contribution >= 0.6 is 0 Å². The summed E-state index contributed by atoms with van der Waals surface area (Å²) in [5, 5.41) is 0. The zero-order chi connectivity index (χ0) is 13.4. The van der Waals surface area contributed by atoms with Crippen molar-refractivity contribution in [3.05, 3.63) is 42.1 Å². The normalized spacial score (nSPS) is 11.1. The van der Waals surface area contributed by atoms with Crippen LogP contribution in [0.2, 0.25) is 0 Å². The average molecular weight is 252 g/mol. The van der Waals surface area contributed by atoms with Gasteiger partial charge in [0.2, 0.25) is 0 Å². The molecule has 0 unspecified atom stereocenters. The lowest BCUT2D eigenvalue weighted by Gasteiger charge is -2.09. The Bertz CT molecular complexity index is 743. The molecule has 4 nitrogen and oxygen atoms in total. The number of hydrogen-bond donors (Lipinski definition) is 1. The van der Waals surface area contributed by atoms with Gasteiger partial charge >= 0.3 is 0 Å². The Morgan fingerprint density at radius 2 is 2.05 bits per heavy atom. The lowest BCUT2D eigenvalue weighted by molar-refractivity contribution is 0.787. The smallest absolute Gasteiger partial charge is 0.160 e. The minimum absolute atomic E-state index is 0.785. The summed E-state index contributed by atoms with van der Waals surface area (Å²) in [6.45, 7) is 4.91. The molecule has 3 rings (SSSR count). The van der Waals surface area contributed by atoms with Crippen molar-refractivity contribution in [2.24, 2.45) is 0 Å². The molecule has 2 N–H and O–H groups in total. The lowest BCUT2D eigenvalue weighted by Crippen LogP contribution is -2.01. The highest BCUT2D eigenvalue weighted by atomic mass is 15.1. The summed E-state index contributed by atoms with van der Waals surface area (Å²) in [5.41, 5.74) is 10.8. The van der Waals surface area contributed by atoms with E-state index < -0.39 is 0 Å². The first-order chi connectivity index (χ1) is 9.22. The summed E-state index contributed by atoms with van der Waals surface area (Å²) in [6.07, 6.45) is 1.79. The molecule has 0 spiro atoms. The van der Waals surface area contributed by atoms with Crippen LogP contribution in [0, 0.1) is 6.92 Å². The zero-order valence-electron chi connectivity index (χ0n) is 11.1. The van der Waals surface area contributed by atoms with Crippen LogP contribution in [-0.2, 0) is 6.54 Å². The second-order valence-corrected chi connectivity index (χ2v) is 4.56. The predicted octanol–water partition coefficient (Wildman–Crippen LogP) is 3.01. The number of imidazole rings is 1. The van der Waals surface area contributed by atoms with Crippen molar-refractivity contribution in [2.45, 2.75) is 20.4 Å². The molecule has 0 radical (unpaired) electrons. The van der Waals surface area contributed by atoms with Gasteiger partial charge in [0, 0.05) is 24.0 Å². The molecule has 2 heterocycles. The topological polar surface area (TPSA) is 56.7 Å². The van der Waals surface area contributed by atoms with E-state index in [1.54, 1.807) is 6.20 Å². The second kappa shape index (κ2) is 4.39. The van der Waals surface area contributed by atoms with Crippen LogP contribution < -0.4 is 5.73 Å². The third kappa shape index (κ3) is 1.76. The monoisotopic (exact) mass is 252 g/mol. The van der Waals surface area contributed by atoms with Gasteiger partial charge in [-0.05, 0) is 37.6 Å². The molecule has 0 amide bonds. The van der Waals surface area contributed by atoms with Crippen molar-refractivity contribution in [1.82, 2.24) is 14.5 Å². The highest BCUT2D eigenvalue weighted by Crippen LogP contribution is 2.29. The number of benzene rings is 1. The fourth-order valence-electron chi connectivity index (χ4n) is 2.34. The molecule has 4 heteroatoms. The number of nitrogens with zero attached hydrogens (tertiary/aromatic N) is 3. The Kier molecular flexibility index (Phi) is 2.71. The fourth-order valence-corrected chi connectivity index (χ4v) is 2.34. The van der Waals surface area contributed by atoms with Crippen LogP contribution in [0.1, 0.15) is 12.5 Å². The number of fused-ring (bicyclic) bond motifs is 1. The van der Waals surface area contributed by atoms with Gasteiger partial charge < -0.3 is 10.3 Å². The Morgan fingerprint density at radius 1 is 1.21 bits per heavy atom. The number of anilines is 1. The molecule has 0 atom stereocenters. The summed E-state index contributed by atoms with van der Waals surface area (Å²) in [4.78, 5) is 9.09. The number of pyridine rings is 1. The van der Waals surface area contributed by atoms with Gasteiger partial charge in [-0.25, -0.2) is 9.97 Å². The molecule has 0 fully saturated rings. The summed E-state index contributed by atoms with van der Waals surface area (Å²) in [6, 6.07) is 9.90. The molecule has 0 saturated heterocycles. The molecular formula is C15H16N4. The van der Waals surface area contributed by atoms with E-state index >= 15 is 0 Å². The molecule has 0 aliphatic heterocycles. The molecule has 96 valence electrons. The number of aromatic nitrogens is 3. The zero-order valence-corrected chi connectivity index (χ0v) is 11.1. The van der Waals surface area contributed by atoms with Gasteiger partial charge in [-0.1, -0.05) is 12.1 Å². The Labute approximate surface area is 111 Å². The van der Waals surface area contributed by atoms with Crippen LogP contribution in [0.15, 0.2) is 36.5 Å². The van der Waals surface area contributed by atoms with Gasteiger partial charge in [0.1, 0.15) is 11.3 Å². The van der Waals surface area contributed by atoms with E-state index in [0.717, 1.165) is 40.3 Å². The number of hydrogen-bond acceptors (Lipinski definition) is 3. The summed E-state index contributed by atoms with van der Waals surface area (Å²) in [5.74, 6) is 0.886. The number of nitrogens with two attached hydrogens (primary N) is 1. The van der Waals surface area contributed by atoms with Gasteiger partial charge in [0.15, 0.2) is 5.65 Å². The highest BCUT2D eigenvalue weighted by Gasteiger charge is 2.14. The molecule has 1 aromatic carbocycles. The third-order valence-electron chi connectivity index (χ3n) is 3.39.